The van der Waals surface area contributed by atoms with Gasteiger partial charge in [0.15, 0.2) is 5.82 Å². The minimum atomic E-state index is -3.87. The van der Waals surface area contributed by atoms with Crippen LogP contribution in [-0.4, -0.2) is 47.9 Å². The van der Waals surface area contributed by atoms with Gasteiger partial charge < -0.3 is 4.74 Å². The van der Waals surface area contributed by atoms with E-state index in [1.807, 2.05) is 0 Å². The van der Waals surface area contributed by atoms with Crippen LogP contribution in [0, 0.1) is 0 Å². The van der Waals surface area contributed by atoms with Crippen molar-refractivity contribution in [3.05, 3.63) is 17.0 Å². The van der Waals surface area contributed by atoms with E-state index in [2.05, 4.69) is 30.6 Å². The van der Waals surface area contributed by atoms with Crippen LogP contribution in [-0.2, 0) is 19.7 Å². The second-order valence-corrected chi connectivity index (χ2v) is 6.79. The van der Waals surface area contributed by atoms with E-state index < -0.39 is 22.2 Å². The van der Waals surface area contributed by atoms with Gasteiger partial charge in [-0.3, -0.25) is 9.52 Å². The van der Waals surface area contributed by atoms with E-state index >= 15 is 0 Å². The van der Waals surface area contributed by atoms with Gasteiger partial charge in [0.1, 0.15) is 10.6 Å². The van der Waals surface area contributed by atoms with Crippen LogP contribution >= 0.6 is 15.9 Å². The van der Waals surface area contributed by atoms with Crippen molar-refractivity contribution in [3.63, 3.8) is 0 Å². The van der Waals surface area contributed by atoms with Gasteiger partial charge in [0.2, 0.25) is 0 Å². The molecule has 0 spiro atoms. The molecule has 1 aliphatic heterocycles. The topological polar surface area (TPSA) is 101 Å². The van der Waals surface area contributed by atoms with Crippen molar-refractivity contribution < 1.29 is 17.9 Å². The third-order valence-corrected chi connectivity index (χ3v) is 4.86. The standard InChI is InChI=1S/C11H15BrN4O4S/c1-2-20-11(17)8-4-3-5-16(8)21(18,19)15-10-7-13-9(12)6-14-10/h6-8H,2-5H2,1H3,(H,14,15). The van der Waals surface area contributed by atoms with Crippen molar-refractivity contribution in [2.75, 3.05) is 17.9 Å². The zero-order valence-electron chi connectivity index (χ0n) is 11.3. The molecule has 8 nitrogen and oxygen atoms in total. The molecule has 0 amide bonds. The molecule has 2 rings (SSSR count). The van der Waals surface area contributed by atoms with Gasteiger partial charge in [-0.1, -0.05) is 0 Å². The highest BCUT2D eigenvalue weighted by Gasteiger charge is 2.39. The van der Waals surface area contributed by atoms with Gasteiger partial charge >= 0.3 is 16.2 Å². The van der Waals surface area contributed by atoms with Gasteiger partial charge in [0, 0.05) is 6.54 Å². The van der Waals surface area contributed by atoms with Gasteiger partial charge in [-0.2, -0.15) is 12.7 Å². The zero-order chi connectivity index (χ0) is 15.5. The lowest BCUT2D eigenvalue weighted by Gasteiger charge is -2.22. The molecule has 1 aromatic heterocycles. The van der Waals surface area contributed by atoms with Crippen LogP contribution in [0.2, 0.25) is 0 Å². The van der Waals surface area contributed by atoms with E-state index in [1.54, 1.807) is 6.92 Å². The van der Waals surface area contributed by atoms with Gasteiger partial charge in [-0.15, -0.1) is 0 Å². The van der Waals surface area contributed by atoms with E-state index in [4.69, 9.17) is 4.74 Å². The Morgan fingerprint density at radius 2 is 2.29 bits per heavy atom. The number of hydrogen-bond acceptors (Lipinski definition) is 6. The van der Waals surface area contributed by atoms with E-state index in [-0.39, 0.29) is 19.0 Å². The van der Waals surface area contributed by atoms with Gasteiger partial charge in [0.25, 0.3) is 0 Å². The molecule has 1 fully saturated rings. The Bertz CT molecular complexity index is 607. The summed E-state index contributed by atoms with van der Waals surface area (Å²) in [6.07, 6.45) is 3.73. The van der Waals surface area contributed by atoms with Crippen molar-refractivity contribution in [1.82, 2.24) is 14.3 Å². The smallest absolute Gasteiger partial charge is 0.324 e. The van der Waals surface area contributed by atoms with Crippen LogP contribution in [0.3, 0.4) is 0 Å². The summed E-state index contributed by atoms with van der Waals surface area (Å²) >= 11 is 3.11. The first-order chi connectivity index (χ1) is 9.94. The third-order valence-electron chi connectivity index (χ3n) is 2.92. The number of ether oxygens (including phenoxy) is 1. The largest absolute Gasteiger partial charge is 0.465 e. The molecular weight excluding hydrogens is 364 g/mol. The van der Waals surface area contributed by atoms with Crippen LogP contribution in [0.25, 0.3) is 0 Å². The molecule has 0 radical (unpaired) electrons. The maximum Gasteiger partial charge on any atom is 0.324 e. The number of carbonyl (C=O) groups excluding carboxylic acids is 1. The molecule has 21 heavy (non-hydrogen) atoms. The van der Waals surface area contributed by atoms with Crippen molar-refractivity contribution in [1.29, 1.82) is 0 Å². The summed E-state index contributed by atoms with van der Waals surface area (Å²) in [5.74, 6) is -0.435. The monoisotopic (exact) mass is 378 g/mol. The number of hydrogen-bond donors (Lipinski definition) is 1. The predicted molar refractivity (Wildman–Crippen MR) is 78.6 cm³/mol. The van der Waals surface area contributed by atoms with Crippen molar-refractivity contribution in [2.24, 2.45) is 0 Å². The van der Waals surface area contributed by atoms with Crippen LogP contribution in [0.5, 0.6) is 0 Å². The molecule has 0 aliphatic carbocycles. The highest BCUT2D eigenvalue weighted by Crippen LogP contribution is 2.23. The Morgan fingerprint density at radius 3 is 2.90 bits per heavy atom. The molecule has 1 unspecified atom stereocenters. The predicted octanol–water partition coefficient (Wildman–Crippen LogP) is 0.923. The Kier molecular flexibility index (Phi) is 5.12. The Balaban J connectivity index is 2.14. The molecule has 1 atom stereocenters. The number of rotatable bonds is 5. The van der Waals surface area contributed by atoms with Gasteiger partial charge in [-0.05, 0) is 35.7 Å². The number of halogens is 1. The molecule has 0 bridgehead atoms. The van der Waals surface area contributed by atoms with Gasteiger partial charge in [0.05, 0.1) is 19.0 Å². The molecule has 0 aromatic carbocycles. The number of aromatic nitrogens is 2. The zero-order valence-corrected chi connectivity index (χ0v) is 13.7. The third kappa shape index (κ3) is 3.89. The van der Waals surface area contributed by atoms with E-state index in [0.717, 1.165) is 4.31 Å². The van der Waals surface area contributed by atoms with Crippen LogP contribution in [0.15, 0.2) is 17.0 Å². The lowest BCUT2D eigenvalue weighted by Crippen LogP contribution is -2.44. The quantitative estimate of drug-likeness (QED) is 0.764. The van der Waals surface area contributed by atoms with Crippen molar-refractivity contribution in [2.45, 2.75) is 25.8 Å². The molecule has 116 valence electrons. The second kappa shape index (κ2) is 6.67. The Labute approximate surface area is 131 Å². The van der Waals surface area contributed by atoms with Crippen LogP contribution in [0.4, 0.5) is 5.82 Å². The summed E-state index contributed by atoms with van der Waals surface area (Å²) in [4.78, 5) is 19.6. The average molecular weight is 379 g/mol. The number of nitrogens with one attached hydrogen (secondary N) is 1. The maximum atomic E-state index is 12.3. The second-order valence-electron chi connectivity index (χ2n) is 4.35. The van der Waals surface area contributed by atoms with Gasteiger partial charge in [-0.25, -0.2) is 9.97 Å². The summed E-state index contributed by atoms with van der Waals surface area (Å²) < 4.78 is 33.5. The molecule has 1 saturated heterocycles. The summed E-state index contributed by atoms with van der Waals surface area (Å²) in [5, 5.41) is 0. The fourth-order valence-corrected chi connectivity index (χ4v) is 3.65. The minimum absolute atomic E-state index is 0.0905. The van der Waals surface area contributed by atoms with Crippen molar-refractivity contribution in [3.8, 4) is 0 Å². The molecule has 10 heteroatoms. The normalized spacial score (nSPS) is 19.4. The van der Waals surface area contributed by atoms with Crippen LogP contribution < -0.4 is 4.72 Å². The first-order valence-corrected chi connectivity index (χ1v) is 8.61. The molecule has 1 N–H and O–H groups in total. The summed E-state index contributed by atoms with van der Waals surface area (Å²) in [6, 6.07) is -0.786. The highest BCUT2D eigenvalue weighted by molar-refractivity contribution is 9.10. The summed E-state index contributed by atoms with van der Waals surface area (Å²) in [7, 11) is -3.87. The lowest BCUT2D eigenvalue weighted by atomic mass is 10.2. The van der Waals surface area contributed by atoms with E-state index in [0.29, 0.717) is 17.4 Å². The van der Waals surface area contributed by atoms with E-state index in [1.165, 1.54) is 12.4 Å². The molecule has 1 aromatic rings. The van der Waals surface area contributed by atoms with E-state index in [9.17, 15) is 13.2 Å². The van der Waals surface area contributed by atoms with Crippen LogP contribution in [0.1, 0.15) is 19.8 Å². The fourth-order valence-electron chi connectivity index (χ4n) is 2.06. The number of nitrogens with zero attached hydrogens (tertiary/aromatic N) is 3. The first-order valence-electron chi connectivity index (χ1n) is 6.38. The number of esters is 1. The minimum Gasteiger partial charge on any atom is -0.465 e. The molecule has 0 saturated carbocycles. The summed E-state index contributed by atoms with van der Waals surface area (Å²) in [6.45, 7) is 2.17. The van der Waals surface area contributed by atoms with Crippen molar-refractivity contribution >= 4 is 37.9 Å². The number of anilines is 1. The molecule has 1 aliphatic rings. The fraction of sp³-hybridized carbons (Fsp3) is 0.545. The average Bonchev–Trinajstić information content (AvgIpc) is 2.92. The molecular formula is C11H15BrN4O4S. The first kappa shape index (κ1) is 16.1. The lowest BCUT2D eigenvalue weighted by molar-refractivity contribution is -0.146. The Morgan fingerprint density at radius 1 is 1.52 bits per heavy atom. The maximum absolute atomic E-state index is 12.3. The molecule has 2 heterocycles. The SMILES string of the molecule is CCOC(=O)C1CCCN1S(=O)(=O)Nc1cnc(Br)cn1. The summed E-state index contributed by atoms with van der Waals surface area (Å²) in [5.41, 5.74) is 0. The Hall–Kier alpha value is -1.26. The highest BCUT2D eigenvalue weighted by atomic mass is 79.9. The number of carbonyl (C=O) groups is 1.